The smallest absolute Gasteiger partial charge is 0.0518 e. The molecule has 0 aliphatic rings. The maximum absolute atomic E-state index is 4.05. The Hall–Kier alpha value is -1.09. The van der Waals surface area contributed by atoms with Crippen LogP contribution in [0, 0.1) is 13.8 Å². The second-order valence-electron chi connectivity index (χ2n) is 3.67. The summed E-state index contributed by atoms with van der Waals surface area (Å²) in [5, 5.41) is 4.05. The lowest BCUT2D eigenvalue weighted by atomic mass is 10.2. The first-order valence-corrected chi connectivity index (χ1v) is 6.12. The van der Waals surface area contributed by atoms with Crippen molar-refractivity contribution in [2.75, 3.05) is 0 Å². The predicted octanol–water partition coefficient (Wildman–Crippen LogP) is 3.97. The average Bonchev–Trinajstić information content (AvgIpc) is 2.70. The van der Waals surface area contributed by atoms with Crippen LogP contribution in [0.25, 0.3) is 0 Å². The lowest BCUT2D eigenvalue weighted by Gasteiger charge is -1.88. The number of aromatic nitrogens is 2. The first-order chi connectivity index (χ1) is 7.61. The molecule has 0 fully saturated rings. The van der Waals surface area contributed by atoms with Crippen LogP contribution in [0.3, 0.4) is 0 Å². The van der Waals surface area contributed by atoms with Crippen molar-refractivity contribution >= 4 is 15.9 Å². The van der Waals surface area contributed by atoms with Crippen LogP contribution < -0.4 is 0 Å². The third-order valence-electron chi connectivity index (χ3n) is 2.10. The lowest BCUT2D eigenvalue weighted by Crippen LogP contribution is -1.91. The summed E-state index contributed by atoms with van der Waals surface area (Å²) in [7, 11) is 0. The summed E-state index contributed by atoms with van der Waals surface area (Å²) in [5.41, 5.74) is 2.53. The first-order valence-electron chi connectivity index (χ1n) is 5.33. The van der Waals surface area contributed by atoms with Crippen LogP contribution in [-0.4, -0.2) is 9.78 Å². The van der Waals surface area contributed by atoms with Gasteiger partial charge in [0.2, 0.25) is 0 Å². The predicted molar refractivity (Wildman–Crippen MR) is 71.5 cm³/mol. The highest BCUT2D eigenvalue weighted by atomic mass is 79.9. The Bertz CT molecular complexity index is 397. The molecule has 1 heterocycles. The topological polar surface area (TPSA) is 17.8 Å². The van der Waals surface area contributed by atoms with E-state index in [-0.39, 0.29) is 0 Å². The van der Waals surface area contributed by atoms with Crippen molar-refractivity contribution in [3.8, 4) is 0 Å². The van der Waals surface area contributed by atoms with Crippen LogP contribution in [0.1, 0.15) is 18.1 Å². The van der Waals surface area contributed by atoms with E-state index in [4.69, 9.17) is 0 Å². The third-order valence-corrected chi connectivity index (χ3v) is 2.63. The van der Waals surface area contributed by atoms with Gasteiger partial charge in [-0.1, -0.05) is 33.6 Å². The molecule has 0 bridgehead atoms. The molecule has 0 radical (unpaired) electrons. The molecule has 0 aliphatic carbocycles. The maximum Gasteiger partial charge on any atom is 0.0518 e. The van der Waals surface area contributed by atoms with Gasteiger partial charge in [0.15, 0.2) is 0 Å². The highest BCUT2D eigenvalue weighted by Gasteiger charge is 1.86. The molecule has 0 unspecified atom stereocenters. The van der Waals surface area contributed by atoms with Crippen molar-refractivity contribution in [1.29, 1.82) is 0 Å². The fourth-order valence-electron chi connectivity index (χ4n) is 1.17. The number of benzene rings is 1. The second-order valence-corrected chi connectivity index (χ2v) is 4.58. The van der Waals surface area contributed by atoms with Crippen LogP contribution >= 0.6 is 15.9 Å². The van der Waals surface area contributed by atoms with E-state index in [1.807, 2.05) is 36.1 Å². The molecule has 0 amide bonds. The molecule has 1 aromatic carbocycles. The van der Waals surface area contributed by atoms with Gasteiger partial charge in [0.05, 0.1) is 6.20 Å². The molecule has 2 aromatic rings. The standard InChI is InChI=1S/C7H7Br.C6H10N2/c1-6-2-4-7(8)5-3-6;1-3-8-5-6(2)4-7-8/h2-5H,1H3;4-5H,3H2,1-2H3. The quantitative estimate of drug-likeness (QED) is 0.773. The monoisotopic (exact) mass is 280 g/mol. The highest BCUT2D eigenvalue weighted by molar-refractivity contribution is 9.10. The minimum Gasteiger partial charge on any atom is -0.273 e. The molecule has 0 aliphatic heterocycles. The SMILES string of the molecule is CCn1cc(C)cn1.Cc1ccc(Br)cc1. The minimum atomic E-state index is 0.966. The molecule has 3 heteroatoms. The van der Waals surface area contributed by atoms with Gasteiger partial charge in [0.1, 0.15) is 0 Å². The van der Waals surface area contributed by atoms with E-state index >= 15 is 0 Å². The van der Waals surface area contributed by atoms with E-state index in [0.717, 1.165) is 11.0 Å². The molecule has 16 heavy (non-hydrogen) atoms. The maximum atomic E-state index is 4.05. The Morgan fingerprint density at radius 2 is 1.75 bits per heavy atom. The highest BCUT2D eigenvalue weighted by Crippen LogP contribution is 2.08. The van der Waals surface area contributed by atoms with Crippen LogP contribution in [0.15, 0.2) is 41.1 Å². The summed E-state index contributed by atoms with van der Waals surface area (Å²) in [6, 6.07) is 8.22. The number of aryl methyl sites for hydroxylation is 3. The molecule has 2 rings (SSSR count). The van der Waals surface area contributed by atoms with Crippen molar-refractivity contribution in [2.45, 2.75) is 27.3 Å². The third kappa shape index (κ3) is 4.62. The van der Waals surface area contributed by atoms with Crippen molar-refractivity contribution in [2.24, 2.45) is 0 Å². The second kappa shape index (κ2) is 6.48. The zero-order chi connectivity index (χ0) is 12.0. The first kappa shape index (κ1) is 13.0. The van der Waals surface area contributed by atoms with Gasteiger partial charge in [-0.05, 0) is 38.5 Å². The van der Waals surface area contributed by atoms with Gasteiger partial charge in [0.25, 0.3) is 0 Å². The summed E-state index contributed by atoms with van der Waals surface area (Å²) in [5.74, 6) is 0. The van der Waals surface area contributed by atoms with Gasteiger partial charge >= 0.3 is 0 Å². The Morgan fingerprint density at radius 3 is 2.06 bits per heavy atom. The summed E-state index contributed by atoms with van der Waals surface area (Å²) in [4.78, 5) is 0. The van der Waals surface area contributed by atoms with Gasteiger partial charge in [-0.3, -0.25) is 4.68 Å². The molecule has 0 spiro atoms. The fraction of sp³-hybridized carbons (Fsp3) is 0.308. The Balaban J connectivity index is 0.000000160. The molecular weight excluding hydrogens is 264 g/mol. The molecule has 2 nitrogen and oxygen atoms in total. The number of nitrogens with zero attached hydrogens (tertiary/aromatic N) is 2. The normalized spacial score (nSPS) is 9.50. The number of hydrogen-bond donors (Lipinski definition) is 0. The average molecular weight is 281 g/mol. The van der Waals surface area contributed by atoms with E-state index in [1.54, 1.807) is 0 Å². The molecule has 0 atom stereocenters. The minimum absolute atomic E-state index is 0.966. The van der Waals surface area contributed by atoms with E-state index in [1.165, 1.54) is 11.1 Å². The molecule has 86 valence electrons. The molecule has 0 N–H and O–H groups in total. The summed E-state index contributed by atoms with van der Waals surface area (Å²) < 4.78 is 3.05. The summed E-state index contributed by atoms with van der Waals surface area (Å²) in [6.07, 6.45) is 3.89. The summed E-state index contributed by atoms with van der Waals surface area (Å²) >= 11 is 3.35. The van der Waals surface area contributed by atoms with E-state index in [0.29, 0.717) is 0 Å². The van der Waals surface area contributed by atoms with E-state index in [2.05, 4.69) is 47.0 Å². The van der Waals surface area contributed by atoms with Gasteiger partial charge in [-0.15, -0.1) is 0 Å². The molecule has 0 saturated heterocycles. The van der Waals surface area contributed by atoms with Crippen molar-refractivity contribution < 1.29 is 0 Å². The number of rotatable bonds is 1. The van der Waals surface area contributed by atoms with Gasteiger partial charge < -0.3 is 0 Å². The van der Waals surface area contributed by atoms with Crippen molar-refractivity contribution in [3.63, 3.8) is 0 Å². The fourth-order valence-corrected chi connectivity index (χ4v) is 1.44. The van der Waals surface area contributed by atoms with Crippen LogP contribution in [0.4, 0.5) is 0 Å². The Labute approximate surface area is 105 Å². The zero-order valence-electron chi connectivity index (χ0n) is 9.94. The zero-order valence-corrected chi connectivity index (χ0v) is 11.5. The number of hydrogen-bond acceptors (Lipinski definition) is 1. The van der Waals surface area contributed by atoms with Gasteiger partial charge in [-0.25, -0.2) is 0 Å². The molecular formula is C13H17BrN2. The Morgan fingerprint density at radius 1 is 1.12 bits per heavy atom. The van der Waals surface area contributed by atoms with E-state index < -0.39 is 0 Å². The van der Waals surface area contributed by atoms with Crippen LogP contribution in [0.5, 0.6) is 0 Å². The Kier molecular flexibility index (Phi) is 5.26. The summed E-state index contributed by atoms with van der Waals surface area (Å²) in [6.45, 7) is 7.16. The van der Waals surface area contributed by atoms with E-state index in [9.17, 15) is 0 Å². The van der Waals surface area contributed by atoms with Crippen molar-refractivity contribution in [3.05, 3.63) is 52.3 Å². The van der Waals surface area contributed by atoms with Crippen LogP contribution in [-0.2, 0) is 6.54 Å². The van der Waals surface area contributed by atoms with Gasteiger partial charge in [0, 0.05) is 17.2 Å². The number of halogens is 1. The molecule has 1 aromatic heterocycles. The molecule has 0 saturated carbocycles. The van der Waals surface area contributed by atoms with Crippen molar-refractivity contribution in [1.82, 2.24) is 9.78 Å². The van der Waals surface area contributed by atoms with Gasteiger partial charge in [-0.2, -0.15) is 5.10 Å². The lowest BCUT2D eigenvalue weighted by molar-refractivity contribution is 0.659. The van der Waals surface area contributed by atoms with Crippen LogP contribution in [0.2, 0.25) is 0 Å². The largest absolute Gasteiger partial charge is 0.273 e.